The third kappa shape index (κ3) is 2.65. The largest absolute Gasteiger partial charge is 0.308 e. The minimum atomic E-state index is 0.451. The average Bonchev–Trinajstić information content (AvgIpc) is 2.94. The van der Waals surface area contributed by atoms with Crippen LogP contribution in [-0.4, -0.2) is 19.7 Å². The summed E-state index contributed by atoms with van der Waals surface area (Å²) in [4.78, 5) is 9.26. The molecule has 0 aromatic carbocycles. The Balaban J connectivity index is 1.97. The van der Waals surface area contributed by atoms with Gasteiger partial charge in [-0.1, -0.05) is 19.3 Å². The van der Waals surface area contributed by atoms with Gasteiger partial charge in [-0.3, -0.25) is 4.68 Å². The summed E-state index contributed by atoms with van der Waals surface area (Å²) in [7, 11) is 1.90. The van der Waals surface area contributed by atoms with E-state index in [9.17, 15) is 0 Å². The van der Waals surface area contributed by atoms with E-state index in [1.165, 1.54) is 32.1 Å². The summed E-state index contributed by atoms with van der Waals surface area (Å²) in [6.07, 6.45) is 9.94. The molecule has 20 heavy (non-hydrogen) atoms. The molecule has 1 aliphatic rings. The van der Waals surface area contributed by atoms with Gasteiger partial charge in [-0.25, -0.2) is 15.8 Å². The molecule has 0 bridgehead atoms. The van der Waals surface area contributed by atoms with E-state index >= 15 is 0 Å². The van der Waals surface area contributed by atoms with Crippen molar-refractivity contribution in [1.29, 1.82) is 0 Å². The van der Waals surface area contributed by atoms with Crippen LogP contribution in [0, 0.1) is 0 Å². The van der Waals surface area contributed by atoms with Gasteiger partial charge in [0.05, 0.1) is 11.9 Å². The average molecular weight is 272 g/mol. The van der Waals surface area contributed by atoms with Crippen LogP contribution in [0.3, 0.4) is 0 Å². The number of nitrogen functional groups attached to an aromatic ring is 1. The van der Waals surface area contributed by atoms with Gasteiger partial charge in [-0.2, -0.15) is 5.10 Å². The van der Waals surface area contributed by atoms with Crippen molar-refractivity contribution in [3.8, 4) is 11.3 Å². The third-order valence-corrected chi connectivity index (χ3v) is 3.86. The van der Waals surface area contributed by atoms with Crippen LogP contribution in [0.25, 0.3) is 11.3 Å². The number of hydrogen-bond acceptors (Lipinski definition) is 5. The maximum Gasteiger partial charge on any atom is 0.144 e. The second-order valence-electron chi connectivity index (χ2n) is 5.38. The zero-order valence-electron chi connectivity index (χ0n) is 11.7. The monoisotopic (exact) mass is 272 g/mol. The van der Waals surface area contributed by atoms with E-state index in [0.717, 1.165) is 17.1 Å². The van der Waals surface area contributed by atoms with Crippen LogP contribution in [0.4, 0.5) is 5.82 Å². The normalized spacial score (nSPS) is 16.3. The highest BCUT2D eigenvalue weighted by Gasteiger charge is 2.20. The highest BCUT2D eigenvalue weighted by atomic mass is 15.3. The van der Waals surface area contributed by atoms with Crippen LogP contribution in [-0.2, 0) is 7.05 Å². The molecule has 0 radical (unpaired) electrons. The Morgan fingerprint density at radius 1 is 1.25 bits per heavy atom. The Bertz CT molecular complexity index is 585. The molecule has 0 amide bonds. The molecule has 3 N–H and O–H groups in total. The summed E-state index contributed by atoms with van der Waals surface area (Å²) in [6, 6.07) is 1.86. The number of nitrogens with zero attached hydrogens (tertiary/aromatic N) is 4. The summed E-state index contributed by atoms with van der Waals surface area (Å²) < 4.78 is 1.77. The van der Waals surface area contributed by atoms with Gasteiger partial charge in [0.25, 0.3) is 0 Å². The number of aromatic nitrogens is 4. The summed E-state index contributed by atoms with van der Waals surface area (Å²) in [6.45, 7) is 0. The summed E-state index contributed by atoms with van der Waals surface area (Å²) in [5.41, 5.74) is 4.51. The lowest BCUT2D eigenvalue weighted by Gasteiger charge is -2.21. The van der Waals surface area contributed by atoms with Gasteiger partial charge in [-0.05, 0) is 12.8 Å². The summed E-state index contributed by atoms with van der Waals surface area (Å²) in [5, 5.41) is 4.20. The Hall–Kier alpha value is -1.95. The molecule has 6 heteroatoms. The van der Waals surface area contributed by atoms with E-state index in [4.69, 9.17) is 10.8 Å². The lowest BCUT2D eigenvalue weighted by molar-refractivity contribution is 0.429. The van der Waals surface area contributed by atoms with Crippen molar-refractivity contribution in [3.63, 3.8) is 0 Å². The van der Waals surface area contributed by atoms with E-state index < -0.39 is 0 Å². The minimum Gasteiger partial charge on any atom is -0.308 e. The number of hydrazine groups is 1. The molecule has 0 saturated heterocycles. The Labute approximate surface area is 118 Å². The molecule has 3 rings (SSSR count). The first kappa shape index (κ1) is 13.1. The topological polar surface area (TPSA) is 81.7 Å². The van der Waals surface area contributed by atoms with Crippen molar-refractivity contribution in [2.75, 3.05) is 5.43 Å². The predicted octanol–water partition coefficient (Wildman–Crippen LogP) is 2.21. The number of hydrogen-bond donors (Lipinski definition) is 2. The molecule has 0 atom stereocenters. The second-order valence-corrected chi connectivity index (χ2v) is 5.38. The maximum atomic E-state index is 5.54. The SMILES string of the molecule is Cn1cc(-c2cc(NN)nc(C3CCCCC3)n2)cn1. The number of aryl methyl sites for hydroxylation is 1. The minimum absolute atomic E-state index is 0.451. The van der Waals surface area contributed by atoms with Crippen molar-refractivity contribution >= 4 is 5.82 Å². The lowest BCUT2D eigenvalue weighted by atomic mass is 9.88. The highest BCUT2D eigenvalue weighted by Crippen LogP contribution is 2.32. The fourth-order valence-corrected chi connectivity index (χ4v) is 2.78. The predicted molar refractivity (Wildman–Crippen MR) is 77.9 cm³/mol. The second kappa shape index (κ2) is 5.58. The number of nitrogens with one attached hydrogen (secondary N) is 1. The van der Waals surface area contributed by atoms with E-state index in [2.05, 4.69) is 15.5 Å². The van der Waals surface area contributed by atoms with Gasteiger partial charge in [0.15, 0.2) is 0 Å². The van der Waals surface area contributed by atoms with Gasteiger partial charge in [0.1, 0.15) is 11.6 Å². The van der Waals surface area contributed by atoms with Crippen LogP contribution >= 0.6 is 0 Å². The quantitative estimate of drug-likeness (QED) is 0.661. The van der Waals surface area contributed by atoms with Crippen LogP contribution in [0.1, 0.15) is 43.8 Å². The van der Waals surface area contributed by atoms with Gasteiger partial charge in [-0.15, -0.1) is 0 Å². The Morgan fingerprint density at radius 2 is 2.05 bits per heavy atom. The fraction of sp³-hybridized carbons (Fsp3) is 0.500. The van der Waals surface area contributed by atoms with Gasteiger partial charge < -0.3 is 5.43 Å². The number of nitrogens with two attached hydrogens (primary N) is 1. The summed E-state index contributed by atoms with van der Waals surface area (Å²) in [5.74, 6) is 7.56. The molecule has 106 valence electrons. The molecule has 0 aliphatic heterocycles. The molecule has 2 aromatic rings. The first-order valence-corrected chi connectivity index (χ1v) is 7.11. The molecule has 2 aromatic heterocycles. The molecule has 1 aliphatic carbocycles. The first-order chi connectivity index (χ1) is 9.76. The molecule has 0 unspecified atom stereocenters. The highest BCUT2D eigenvalue weighted by molar-refractivity contribution is 5.60. The number of anilines is 1. The van der Waals surface area contributed by atoms with Crippen LogP contribution in [0.15, 0.2) is 18.5 Å². The van der Waals surface area contributed by atoms with Crippen molar-refractivity contribution < 1.29 is 0 Å². The Morgan fingerprint density at radius 3 is 2.70 bits per heavy atom. The molecule has 1 saturated carbocycles. The van der Waals surface area contributed by atoms with Crippen LogP contribution in [0.5, 0.6) is 0 Å². The van der Waals surface area contributed by atoms with E-state index in [1.807, 2.05) is 25.5 Å². The van der Waals surface area contributed by atoms with Crippen LogP contribution in [0.2, 0.25) is 0 Å². The van der Waals surface area contributed by atoms with E-state index in [0.29, 0.717) is 11.7 Å². The van der Waals surface area contributed by atoms with Gasteiger partial charge >= 0.3 is 0 Å². The lowest BCUT2D eigenvalue weighted by Crippen LogP contribution is -2.14. The van der Waals surface area contributed by atoms with E-state index in [-0.39, 0.29) is 0 Å². The zero-order valence-corrected chi connectivity index (χ0v) is 11.7. The van der Waals surface area contributed by atoms with Crippen molar-refractivity contribution in [1.82, 2.24) is 19.7 Å². The first-order valence-electron chi connectivity index (χ1n) is 7.11. The molecular formula is C14H20N6. The smallest absolute Gasteiger partial charge is 0.144 e. The van der Waals surface area contributed by atoms with E-state index in [1.54, 1.807) is 4.68 Å². The standard InChI is InChI=1S/C14H20N6/c1-20-9-11(8-16-20)12-7-13(19-15)18-14(17-12)10-5-3-2-4-6-10/h7-10H,2-6,15H2,1H3,(H,17,18,19). The molecule has 1 fully saturated rings. The molecule has 6 nitrogen and oxygen atoms in total. The fourth-order valence-electron chi connectivity index (χ4n) is 2.78. The zero-order chi connectivity index (χ0) is 13.9. The van der Waals surface area contributed by atoms with Crippen LogP contribution < -0.4 is 11.3 Å². The number of rotatable bonds is 3. The molecule has 0 spiro atoms. The summed E-state index contributed by atoms with van der Waals surface area (Å²) >= 11 is 0. The Kier molecular flexibility index (Phi) is 3.64. The molecular weight excluding hydrogens is 252 g/mol. The van der Waals surface area contributed by atoms with Gasteiger partial charge in [0, 0.05) is 30.8 Å². The third-order valence-electron chi connectivity index (χ3n) is 3.86. The van der Waals surface area contributed by atoms with Crippen molar-refractivity contribution in [3.05, 3.63) is 24.3 Å². The van der Waals surface area contributed by atoms with Crippen molar-refractivity contribution in [2.45, 2.75) is 38.0 Å². The van der Waals surface area contributed by atoms with Gasteiger partial charge in [0.2, 0.25) is 0 Å². The van der Waals surface area contributed by atoms with Crippen molar-refractivity contribution in [2.24, 2.45) is 12.9 Å². The maximum absolute atomic E-state index is 5.54. The molecule has 2 heterocycles.